The van der Waals surface area contributed by atoms with Crippen LogP contribution in [-0.4, -0.2) is 47.0 Å². The van der Waals surface area contributed by atoms with Crippen LogP contribution in [0, 0.1) is 12.8 Å². The van der Waals surface area contributed by atoms with Gasteiger partial charge in [0.15, 0.2) is 0 Å². The molecule has 35 heavy (non-hydrogen) atoms. The number of hydrogen-bond acceptors (Lipinski definition) is 4. The number of nitrogens with zero attached hydrogens (tertiary/aromatic N) is 1. The van der Waals surface area contributed by atoms with Gasteiger partial charge in [-0.3, -0.25) is 9.59 Å². The minimum atomic E-state index is -0.859. The van der Waals surface area contributed by atoms with E-state index in [9.17, 15) is 14.4 Å². The normalized spacial score (nSPS) is 14.1. The predicted octanol–water partition coefficient (Wildman–Crippen LogP) is 5.52. The van der Waals surface area contributed by atoms with Gasteiger partial charge in [0.25, 0.3) is 0 Å². The molecule has 0 saturated carbocycles. The van der Waals surface area contributed by atoms with E-state index >= 15 is 0 Å². The number of rotatable bonds is 12. The van der Waals surface area contributed by atoms with E-state index in [1.54, 1.807) is 32.6 Å². The molecule has 0 aliphatic rings. The van der Waals surface area contributed by atoms with Crippen LogP contribution in [0.1, 0.15) is 98.2 Å². The number of aryl methyl sites for hydroxylation is 1. The highest BCUT2D eigenvalue weighted by Crippen LogP contribution is 2.28. The summed E-state index contributed by atoms with van der Waals surface area (Å²) in [6, 6.07) is 5.84. The Morgan fingerprint density at radius 2 is 1.60 bits per heavy atom. The summed E-state index contributed by atoms with van der Waals surface area (Å²) in [4.78, 5) is 41.4. The summed E-state index contributed by atoms with van der Waals surface area (Å²) >= 11 is 0. The van der Waals surface area contributed by atoms with Crippen LogP contribution in [0.5, 0.6) is 0 Å². The molecular formula is C28H47N3O4. The molecule has 3 unspecified atom stereocenters. The van der Waals surface area contributed by atoms with Crippen molar-refractivity contribution in [3.8, 4) is 0 Å². The fourth-order valence-corrected chi connectivity index (χ4v) is 3.75. The molecule has 0 bridgehead atoms. The van der Waals surface area contributed by atoms with Crippen LogP contribution in [0.4, 0.5) is 4.79 Å². The lowest BCUT2D eigenvalue weighted by molar-refractivity contribution is -0.144. The first-order chi connectivity index (χ1) is 16.3. The predicted molar refractivity (Wildman–Crippen MR) is 141 cm³/mol. The molecule has 0 saturated heterocycles. The third-order valence-corrected chi connectivity index (χ3v) is 5.74. The smallest absolute Gasteiger partial charge is 0.408 e. The Balaban J connectivity index is 3.37. The van der Waals surface area contributed by atoms with Crippen molar-refractivity contribution in [1.29, 1.82) is 0 Å². The summed E-state index contributed by atoms with van der Waals surface area (Å²) in [5.41, 5.74) is 1.14. The van der Waals surface area contributed by atoms with Gasteiger partial charge in [0.1, 0.15) is 17.7 Å². The molecule has 1 rings (SSSR count). The molecule has 0 fully saturated rings. The highest BCUT2D eigenvalue weighted by Gasteiger charge is 2.37. The topological polar surface area (TPSA) is 87.7 Å². The molecule has 0 spiro atoms. The molecule has 2 N–H and O–H groups in total. The first-order valence-electron chi connectivity index (χ1n) is 12.9. The summed E-state index contributed by atoms with van der Waals surface area (Å²) in [7, 11) is 0. The summed E-state index contributed by atoms with van der Waals surface area (Å²) in [6.45, 7) is 17.8. The van der Waals surface area contributed by atoms with E-state index in [2.05, 4.69) is 31.4 Å². The van der Waals surface area contributed by atoms with Gasteiger partial charge in [-0.1, -0.05) is 57.0 Å². The minimum absolute atomic E-state index is 0.212. The molecule has 198 valence electrons. The Labute approximate surface area is 212 Å². The van der Waals surface area contributed by atoms with Crippen molar-refractivity contribution in [3.05, 3.63) is 35.4 Å². The highest BCUT2D eigenvalue weighted by molar-refractivity contribution is 5.92. The van der Waals surface area contributed by atoms with Gasteiger partial charge in [-0.15, -0.1) is 0 Å². The van der Waals surface area contributed by atoms with Crippen LogP contribution in [0.3, 0.4) is 0 Å². The quantitative estimate of drug-likeness (QED) is 0.379. The van der Waals surface area contributed by atoms with E-state index in [-0.39, 0.29) is 17.9 Å². The number of ether oxygens (including phenoxy) is 1. The molecular weight excluding hydrogens is 442 g/mol. The second-order valence-electron chi connectivity index (χ2n) is 10.9. The maximum absolute atomic E-state index is 13.8. The minimum Gasteiger partial charge on any atom is -0.444 e. The average molecular weight is 490 g/mol. The zero-order valence-corrected chi connectivity index (χ0v) is 23.2. The molecule has 0 aliphatic carbocycles. The molecule has 7 heteroatoms. The van der Waals surface area contributed by atoms with E-state index in [1.807, 2.05) is 38.1 Å². The van der Waals surface area contributed by atoms with Gasteiger partial charge in [0.05, 0.1) is 0 Å². The lowest BCUT2D eigenvalue weighted by atomic mass is 9.97. The Bertz CT molecular complexity index is 814. The number of hydrogen-bond donors (Lipinski definition) is 2. The fraction of sp³-hybridized carbons (Fsp3) is 0.679. The first kappa shape index (κ1) is 30.5. The largest absolute Gasteiger partial charge is 0.444 e. The van der Waals surface area contributed by atoms with E-state index in [4.69, 9.17) is 4.74 Å². The van der Waals surface area contributed by atoms with E-state index in [1.165, 1.54) is 0 Å². The highest BCUT2D eigenvalue weighted by atomic mass is 16.6. The first-order valence-corrected chi connectivity index (χ1v) is 12.9. The second kappa shape index (κ2) is 14.1. The third kappa shape index (κ3) is 10.7. The zero-order valence-electron chi connectivity index (χ0n) is 23.2. The molecule has 0 radical (unpaired) electrons. The number of amides is 3. The van der Waals surface area contributed by atoms with Crippen LogP contribution in [0.25, 0.3) is 0 Å². The zero-order chi connectivity index (χ0) is 26.8. The standard InChI is InChI=1S/C28H47N3O4/c1-10-11-18-29-25(32)24(23-16-13-20(4)14-17-23)31(21(5)15-12-19(2)3)26(33)22(6)30-27(34)35-28(7,8)9/h13-14,16-17,19,21-22,24H,10-12,15,18H2,1-9H3,(H,29,32)(H,30,34). The molecule has 3 amide bonds. The molecule has 1 aromatic carbocycles. The molecule has 0 aromatic heterocycles. The van der Waals surface area contributed by atoms with Crippen LogP contribution in [0.2, 0.25) is 0 Å². The molecule has 1 aromatic rings. The van der Waals surface area contributed by atoms with E-state index < -0.39 is 23.8 Å². The van der Waals surface area contributed by atoms with Gasteiger partial charge in [-0.25, -0.2) is 4.79 Å². The number of carbonyl (C=O) groups is 3. The number of alkyl carbamates (subject to hydrolysis) is 1. The van der Waals surface area contributed by atoms with Crippen molar-refractivity contribution < 1.29 is 19.1 Å². The number of nitrogens with one attached hydrogen (secondary N) is 2. The molecule has 0 aliphatic heterocycles. The number of unbranched alkanes of at least 4 members (excludes halogenated alkanes) is 1. The second-order valence-corrected chi connectivity index (χ2v) is 10.9. The fourth-order valence-electron chi connectivity index (χ4n) is 3.75. The van der Waals surface area contributed by atoms with Crippen molar-refractivity contribution in [1.82, 2.24) is 15.5 Å². The Morgan fingerprint density at radius 1 is 1.00 bits per heavy atom. The van der Waals surface area contributed by atoms with Gasteiger partial charge in [-0.2, -0.15) is 0 Å². The third-order valence-electron chi connectivity index (χ3n) is 5.74. The monoisotopic (exact) mass is 489 g/mol. The maximum atomic E-state index is 13.8. The summed E-state index contributed by atoms with van der Waals surface area (Å²) in [6.07, 6.45) is 2.82. The molecule has 3 atom stereocenters. The van der Waals surface area contributed by atoms with Crippen LogP contribution < -0.4 is 10.6 Å². The van der Waals surface area contributed by atoms with Crippen LogP contribution in [0.15, 0.2) is 24.3 Å². The van der Waals surface area contributed by atoms with Gasteiger partial charge in [0, 0.05) is 12.6 Å². The molecule has 7 nitrogen and oxygen atoms in total. The van der Waals surface area contributed by atoms with E-state index in [0.29, 0.717) is 12.5 Å². The van der Waals surface area contributed by atoms with Crippen molar-refractivity contribution in [2.24, 2.45) is 5.92 Å². The lowest BCUT2D eigenvalue weighted by Crippen LogP contribution is -2.54. The summed E-state index contributed by atoms with van der Waals surface area (Å²) in [5, 5.41) is 5.68. The SMILES string of the molecule is CCCCNC(=O)C(c1ccc(C)cc1)N(C(=O)C(C)NC(=O)OC(C)(C)C)C(C)CCC(C)C. The maximum Gasteiger partial charge on any atom is 0.408 e. The van der Waals surface area contributed by atoms with Crippen molar-refractivity contribution in [2.45, 2.75) is 112 Å². The number of carbonyl (C=O) groups excluding carboxylic acids is 3. The Kier molecular flexibility index (Phi) is 12.3. The molecule has 0 heterocycles. The number of benzene rings is 1. The van der Waals surface area contributed by atoms with Crippen LogP contribution in [-0.2, 0) is 14.3 Å². The van der Waals surface area contributed by atoms with Gasteiger partial charge < -0.3 is 20.3 Å². The van der Waals surface area contributed by atoms with E-state index in [0.717, 1.165) is 36.8 Å². The lowest BCUT2D eigenvalue weighted by Gasteiger charge is -2.38. The summed E-state index contributed by atoms with van der Waals surface area (Å²) < 4.78 is 5.35. The van der Waals surface area contributed by atoms with Crippen molar-refractivity contribution in [2.75, 3.05) is 6.54 Å². The van der Waals surface area contributed by atoms with Gasteiger partial charge in [-0.05, 0) is 72.3 Å². The van der Waals surface area contributed by atoms with Crippen LogP contribution >= 0.6 is 0 Å². The Morgan fingerprint density at radius 3 is 2.11 bits per heavy atom. The average Bonchev–Trinajstić information content (AvgIpc) is 2.74. The van der Waals surface area contributed by atoms with Crippen molar-refractivity contribution in [3.63, 3.8) is 0 Å². The summed E-state index contributed by atoms with van der Waals surface area (Å²) in [5.74, 6) is -0.0669. The van der Waals surface area contributed by atoms with Crippen molar-refractivity contribution >= 4 is 17.9 Å². The Hall–Kier alpha value is -2.57. The van der Waals surface area contributed by atoms with Gasteiger partial charge >= 0.3 is 6.09 Å². The van der Waals surface area contributed by atoms with Gasteiger partial charge in [0.2, 0.25) is 11.8 Å².